The Morgan fingerprint density at radius 2 is 2.60 bits per heavy atom. The fourth-order valence-corrected chi connectivity index (χ4v) is 1.80. The highest BCUT2D eigenvalue weighted by atomic mass is 32.2. The molecule has 1 aliphatic heterocycles. The molecule has 0 aromatic carbocycles. The third-order valence-corrected chi connectivity index (χ3v) is 2.42. The van der Waals surface area contributed by atoms with Gasteiger partial charge in [0.25, 0.3) is 0 Å². The Labute approximate surface area is 66.5 Å². The monoisotopic (exact) mass is 158 g/mol. The van der Waals surface area contributed by atoms with E-state index in [1.54, 1.807) is 0 Å². The van der Waals surface area contributed by atoms with Crippen LogP contribution in [0, 0.1) is 0 Å². The summed E-state index contributed by atoms with van der Waals surface area (Å²) in [5.74, 6) is 1.21. The van der Waals surface area contributed by atoms with Crippen molar-refractivity contribution in [2.45, 2.75) is 19.8 Å². The fraction of sp³-hybridized carbons (Fsp3) is 0.857. The van der Waals surface area contributed by atoms with Crippen LogP contribution in [-0.2, 0) is 0 Å². The predicted octanol–water partition coefficient (Wildman–Crippen LogP) is 1.48. The number of nitrogens with zero attached hydrogens (tertiary/aromatic N) is 1. The number of amidine groups is 1. The van der Waals surface area contributed by atoms with E-state index in [2.05, 4.69) is 17.2 Å². The van der Waals surface area contributed by atoms with Crippen LogP contribution in [0.2, 0.25) is 0 Å². The van der Waals surface area contributed by atoms with Crippen LogP contribution < -0.4 is 5.32 Å². The highest BCUT2D eigenvalue weighted by Gasteiger charge is 2.03. The van der Waals surface area contributed by atoms with Gasteiger partial charge in [0.15, 0.2) is 5.17 Å². The van der Waals surface area contributed by atoms with Gasteiger partial charge in [0, 0.05) is 12.3 Å². The largest absolute Gasteiger partial charge is 0.363 e. The number of hydrogen-bond donors (Lipinski definition) is 1. The molecule has 1 rings (SSSR count). The molecular weight excluding hydrogens is 144 g/mol. The van der Waals surface area contributed by atoms with E-state index in [0.717, 1.165) is 18.3 Å². The number of unbranched alkanes of at least 4 members (excludes halogenated alkanes) is 1. The van der Waals surface area contributed by atoms with Crippen LogP contribution >= 0.6 is 11.8 Å². The minimum atomic E-state index is 0.967. The Hall–Kier alpha value is -0.180. The third kappa shape index (κ3) is 2.60. The molecule has 0 radical (unpaired) electrons. The average molecular weight is 158 g/mol. The molecule has 3 heteroatoms. The summed E-state index contributed by atoms with van der Waals surface area (Å²) in [6, 6.07) is 0. The summed E-state index contributed by atoms with van der Waals surface area (Å²) < 4.78 is 0. The van der Waals surface area contributed by atoms with Crippen LogP contribution in [0.4, 0.5) is 0 Å². The lowest BCUT2D eigenvalue weighted by molar-refractivity contribution is 0.897. The molecule has 0 spiro atoms. The standard InChI is InChI=1S/C7H14N2S/c1-2-3-6-10-7-8-4-5-9-7/h2-6H2,1H3,(H,8,9). The minimum Gasteiger partial charge on any atom is -0.363 e. The van der Waals surface area contributed by atoms with Crippen molar-refractivity contribution in [3.8, 4) is 0 Å². The molecule has 0 fully saturated rings. The average Bonchev–Trinajstić information content (AvgIpc) is 2.41. The molecule has 0 saturated carbocycles. The van der Waals surface area contributed by atoms with E-state index in [1.165, 1.54) is 18.6 Å². The number of nitrogens with one attached hydrogen (secondary N) is 1. The first-order valence-corrected chi connectivity index (χ1v) is 4.83. The van der Waals surface area contributed by atoms with Crippen molar-refractivity contribution >= 4 is 16.9 Å². The van der Waals surface area contributed by atoms with Gasteiger partial charge >= 0.3 is 0 Å². The molecule has 0 bridgehead atoms. The van der Waals surface area contributed by atoms with E-state index in [0.29, 0.717) is 0 Å². The lowest BCUT2D eigenvalue weighted by atomic mass is 10.4. The smallest absolute Gasteiger partial charge is 0.156 e. The van der Waals surface area contributed by atoms with Crippen molar-refractivity contribution in [1.29, 1.82) is 0 Å². The van der Waals surface area contributed by atoms with Gasteiger partial charge in [0.05, 0.1) is 6.54 Å². The van der Waals surface area contributed by atoms with Crippen molar-refractivity contribution < 1.29 is 0 Å². The van der Waals surface area contributed by atoms with Gasteiger partial charge in [-0.25, -0.2) is 0 Å². The first-order chi connectivity index (χ1) is 4.93. The molecule has 0 amide bonds. The summed E-state index contributed by atoms with van der Waals surface area (Å²) >= 11 is 1.85. The molecule has 1 heterocycles. The van der Waals surface area contributed by atoms with Gasteiger partial charge in [-0.1, -0.05) is 25.1 Å². The summed E-state index contributed by atoms with van der Waals surface area (Å²) in [5.41, 5.74) is 0. The van der Waals surface area contributed by atoms with Crippen molar-refractivity contribution in [1.82, 2.24) is 5.32 Å². The summed E-state index contributed by atoms with van der Waals surface area (Å²) in [6.45, 7) is 4.22. The van der Waals surface area contributed by atoms with E-state index in [1.807, 2.05) is 11.8 Å². The maximum Gasteiger partial charge on any atom is 0.156 e. The van der Waals surface area contributed by atoms with Gasteiger partial charge < -0.3 is 5.32 Å². The minimum absolute atomic E-state index is 0.967. The molecule has 0 saturated heterocycles. The van der Waals surface area contributed by atoms with Gasteiger partial charge in [-0.05, 0) is 6.42 Å². The normalized spacial score (nSPS) is 16.7. The van der Waals surface area contributed by atoms with E-state index >= 15 is 0 Å². The first-order valence-electron chi connectivity index (χ1n) is 3.84. The Morgan fingerprint density at radius 3 is 3.20 bits per heavy atom. The molecule has 10 heavy (non-hydrogen) atoms. The first kappa shape index (κ1) is 7.92. The number of thioether (sulfide) groups is 1. The second-order valence-electron chi connectivity index (χ2n) is 2.32. The lowest BCUT2D eigenvalue weighted by Crippen LogP contribution is -2.15. The van der Waals surface area contributed by atoms with Crippen molar-refractivity contribution in [2.24, 2.45) is 4.99 Å². The maximum absolute atomic E-state index is 4.28. The quantitative estimate of drug-likeness (QED) is 0.629. The second kappa shape index (κ2) is 4.61. The molecule has 1 aliphatic rings. The van der Waals surface area contributed by atoms with Crippen LogP contribution in [0.25, 0.3) is 0 Å². The zero-order valence-electron chi connectivity index (χ0n) is 6.39. The van der Waals surface area contributed by atoms with Crippen LogP contribution in [0.5, 0.6) is 0 Å². The molecule has 0 aliphatic carbocycles. The zero-order valence-corrected chi connectivity index (χ0v) is 7.21. The topological polar surface area (TPSA) is 24.4 Å². The number of rotatable bonds is 3. The van der Waals surface area contributed by atoms with Crippen molar-refractivity contribution in [2.75, 3.05) is 18.8 Å². The maximum atomic E-state index is 4.28. The van der Waals surface area contributed by atoms with E-state index in [4.69, 9.17) is 0 Å². The summed E-state index contributed by atoms with van der Waals surface area (Å²) in [4.78, 5) is 4.28. The van der Waals surface area contributed by atoms with Gasteiger partial charge in [0.1, 0.15) is 0 Å². The molecular formula is C7H14N2S. The summed E-state index contributed by atoms with van der Waals surface area (Å²) in [7, 11) is 0. The third-order valence-electron chi connectivity index (χ3n) is 1.38. The van der Waals surface area contributed by atoms with Crippen molar-refractivity contribution in [3.63, 3.8) is 0 Å². The van der Waals surface area contributed by atoms with E-state index in [9.17, 15) is 0 Å². The Balaban J connectivity index is 2.01. The summed E-state index contributed by atoms with van der Waals surface area (Å²) in [6.07, 6.45) is 2.58. The fourth-order valence-electron chi connectivity index (χ4n) is 0.786. The zero-order chi connectivity index (χ0) is 7.23. The van der Waals surface area contributed by atoms with Crippen LogP contribution in [0.3, 0.4) is 0 Å². The van der Waals surface area contributed by atoms with Crippen LogP contribution in [0.1, 0.15) is 19.8 Å². The Kier molecular flexibility index (Phi) is 3.65. The predicted molar refractivity (Wildman–Crippen MR) is 47.7 cm³/mol. The Bertz CT molecular complexity index is 123. The lowest BCUT2D eigenvalue weighted by Gasteiger charge is -1.98. The van der Waals surface area contributed by atoms with E-state index < -0.39 is 0 Å². The molecule has 1 N–H and O–H groups in total. The van der Waals surface area contributed by atoms with Gasteiger partial charge in [0.2, 0.25) is 0 Å². The molecule has 0 aromatic heterocycles. The number of hydrogen-bond acceptors (Lipinski definition) is 3. The molecule has 0 aromatic rings. The highest BCUT2D eigenvalue weighted by molar-refractivity contribution is 8.13. The van der Waals surface area contributed by atoms with Gasteiger partial charge in [-0.2, -0.15) is 0 Å². The van der Waals surface area contributed by atoms with Crippen LogP contribution in [0.15, 0.2) is 4.99 Å². The molecule has 0 atom stereocenters. The Morgan fingerprint density at radius 1 is 1.70 bits per heavy atom. The molecule has 0 unspecified atom stereocenters. The summed E-state index contributed by atoms with van der Waals surface area (Å²) in [5, 5.41) is 4.38. The molecule has 2 nitrogen and oxygen atoms in total. The molecule has 58 valence electrons. The SMILES string of the molecule is CCCCSC1=NCCN1. The van der Waals surface area contributed by atoms with E-state index in [-0.39, 0.29) is 0 Å². The van der Waals surface area contributed by atoms with Gasteiger partial charge in [-0.3, -0.25) is 4.99 Å². The van der Waals surface area contributed by atoms with Crippen LogP contribution in [-0.4, -0.2) is 24.0 Å². The highest BCUT2D eigenvalue weighted by Crippen LogP contribution is 2.07. The second-order valence-corrected chi connectivity index (χ2v) is 3.40. The number of aliphatic imine (C=N–C) groups is 1. The van der Waals surface area contributed by atoms with Crippen molar-refractivity contribution in [3.05, 3.63) is 0 Å². The van der Waals surface area contributed by atoms with Gasteiger partial charge in [-0.15, -0.1) is 0 Å².